The molecule has 0 amide bonds. The first-order chi connectivity index (χ1) is 7.15. The molecule has 16 heavy (non-hydrogen) atoms. The molecule has 92 valence electrons. The Morgan fingerprint density at radius 1 is 1.12 bits per heavy atom. The van der Waals surface area contributed by atoms with Crippen molar-refractivity contribution in [3.63, 3.8) is 0 Å². The molecule has 1 N–H and O–H groups in total. The molecule has 0 atom stereocenters. The van der Waals surface area contributed by atoms with Crippen molar-refractivity contribution in [1.29, 1.82) is 0 Å². The summed E-state index contributed by atoms with van der Waals surface area (Å²) in [6.45, 7) is -3.04. The lowest BCUT2D eigenvalue weighted by molar-refractivity contribution is -0.161. The zero-order valence-electron chi connectivity index (χ0n) is 7.47. The lowest BCUT2D eigenvalue weighted by Crippen LogP contribution is -2.24. The van der Waals surface area contributed by atoms with Crippen LogP contribution in [0.1, 0.15) is 11.4 Å². The molecule has 1 rings (SSSR count). The van der Waals surface area contributed by atoms with E-state index in [0.29, 0.717) is 0 Å². The van der Waals surface area contributed by atoms with Gasteiger partial charge in [0.15, 0.2) is 5.69 Å². The van der Waals surface area contributed by atoms with Gasteiger partial charge in [0.05, 0.1) is 6.61 Å². The van der Waals surface area contributed by atoms with Crippen molar-refractivity contribution >= 4 is 0 Å². The Morgan fingerprint density at radius 3 is 2.06 bits per heavy atom. The van der Waals surface area contributed by atoms with Crippen LogP contribution in [0.4, 0.5) is 26.3 Å². The average molecular weight is 249 g/mol. The number of hydrogen-bond donors (Lipinski definition) is 1. The van der Waals surface area contributed by atoms with Crippen molar-refractivity contribution in [2.45, 2.75) is 25.5 Å². The van der Waals surface area contributed by atoms with Gasteiger partial charge in [-0.1, -0.05) is 5.21 Å². The van der Waals surface area contributed by atoms with Gasteiger partial charge >= 0.3 is 12.4 Å². The Balaban J connectivity index is 3.16. The van der Waals surface area contributed by atoms with Crippen LogP contribution in [0.2, 0.25) is 0 Å². The Labute approximate surface area is 84.5 Å². The molecular weight excluding hydrogens is 244 g/mol. The summed E-state index contributed by atoms with van der Waals surface area (Å²) in [6.07, 6.45) is -9.90. The molecule has 0 fully saturated rings. The van der Waals surface area contributed by atoms with Gasteiger partial charge in [0.1, 0.15) is 12.2 Å². The summed E-state index contributed by atoms with van der Waals surface area (Å²) in [5.41, 5.74) is -2.62. The standard InChI is InChI=1S/C6H5F6N3O/c7-5(8,9)2-15-4(6(10,11)12)3(1-16)13-14-15/h16H,1-2H2. The number of aliphatic hydroxyl groups is 1. The quantitative estimate of drug-likeness (QED) is 0.805. The zero-order valence-corrected chi connectivity index (χ0v) is 7.47. The van der Waals surface area contributed by atoms with E-state index in [1.165, 1.54) is 0 Å². The fraction of sp³-hybridized carbons (Fsp3) is 0.667. The number of alkyl halides is 6. The van der Waals surface area contributed by atoms with Gasteiger partial charge in [-0.05, 0) is 0 Å². The largest absolute Gasteiger partial charge is 0.435 e. The summed E-state index contributed by atoms with van der Waals surface area (Å²) in [6, 6.07) is 0. The number of halogens is 6. The molecule has 0 spiro atoms. The molecule has 4 nitrogen and oxygen atoms in total. The molecule has 0 aliphatic heterocycles. The molecule has 1 aromatic rings. The highest BCUT2D eigenvalue weighted by molar-refractivity contribution is 5.13. The van der Waals surface area contributed by atoms with Gasteiger partial charge in [0.25, 0.3) is 0 Å². The highest BCUT2D eigenvalue weighted by Gasteiger charge is 2.41. The molecule has 0 saturated carbocycles. The Kier molecular flexibility index (Phi) is 3.13. The van der Waals surface area contributed by atoms with Crippen LogP contribution in [0, 0.1) is 0 Å². The zero-order chi connectivity index (χ0) is 12.6. The minimum atomic E-state index is -5.05. The van der Waals surface area contributed by atoms with Gasteiger partial charge in [-0.2, -0.15) is 26.3 Å². The van der Waals surface area contributed by atoms with E-state index in [9.17, 15) is 26.3 Å². The summed E-state index contributed by atoms with van der Waals surface area (Å²) in [5.74, 6) is 0. The molecule has 0 aliphatic carbocycles. The van der Waals surface area contributed by atoms with E-state index < -0.39 is 36.9 Å². The molecule has 0 bridgehead atoms. The van der Waals surface area contributed by atoms with Crippen LogP contribution < -0.4 is 0 Å². The number of hydrogen-bond acceptors (Lipinski definition) is 3. The average Bonchev–Trinajstić information content (AvgIpc) is 2.43. The van der Waals surface area contributed by atoms with Crippen molar-refractivity contribution in [2.24, 2.45) is 0 Å². The first kappa shape index (κ1) is 12.7. The third kappa shape index (κ3) is 2.84. The smallest absolute Gasteiger partial charge is 0.390 e. The summed E-state index contributed by atoms with van der Waals surface area (Å²) in [5, 5.41) is 14.0. The molecule has 0 aromatic carbocycles. The van der Waals surface area contributed by atoms with E-state index in [2.05, 4.69) is 10.3 Å². The van der Waals surface area contributed by atoms with Crippen molar-refractivity contribution in [3.05, 3.63) is 11.4 Å². The van der Waals surface area contributed by atoms with Crippen LogP contribution in [0.5, 0.6) is 0 Å². The number of rotatable bonds is 2. The molecule has 10 heteroatoms. The Bertz CT molecular complexity index is 367. The van der Waals surface area contributed by atoms with Gasteiger partial charge < -0.3 is 5.11 Å². The summed E-state index contributed by atoms with van der Waals surface area (Å²) >= 11 is 0. The fourth-order valence-corrected chi connectivity index (χ4v) is 1.05. The van der Waals surface area contributed by atoms with E-state index in [0.717, 1.165) is 0 Å². The highest BCUT2D eigenvalue weighted by atomic mass is 19.4. The third-order valence-corrected chi connectivity index (χ3v) is 1.55. The Hall–Kier alpha value is -1.32. The molecule has 0 unspecified atom stereocenters. The first-order valence-corrected chi connectivity index (χ1v) is 3.82. The second-order valence-electron chi connectivity index (χ2n) is 2.81. The van der Waals surface area contributed by atoms with Crippen molar-refractivity contribution in [2.75, 3.05) is 0 Å². The second kappa shape index (κ2) is 3.92. The highest BCUT2D eigenvalue weighted by Crippen LogP contribution is 2.32. The van der Waals surface area contributed by atoms with Crippen LogP contribution in [-0.2, 0) is 19.3 Å². The molecule has 0 saturated heterocycles. The van der Waals surface area contributed by atoms with E-state index in [4.69, 9.17) is 5.11 Å². The lowest BCUT2D eigenvalue weighted by atomic mass is 10.3. The SMILES string of the molecule is OCc1nnn(CC(F)(F)F)c1C(F)(F)F. The number of aromatic nitrogens is 3. The molecule has 1 heterocycles. The summed E-state index contributed by atoms with van der Waals surface area (Å²) in [4.78, 5) is 0. The van der Waals surface area contributed by atoms with Crippen LogP contribution in [0.25, 0.3) is 0 Å². The Morgan fingerprint density at radius 2 is 1.69 bits per heavy atom. The van der Waals surface area contributed by atoms with Crippen molar-refractivity contribution < 1.29 is 31.4 Å². The van der Waals surface area contributed by atoms with Crippen molar-refractivity contribution in [3.8, 4) is 0 Å². The first-order valence-electron chi connectivity index (χ1n) is 3.82. The molecule has 0 aliphatic rings. The van der Waals surface area contributed by atoms with Crippen molar-refractivity contribution in [1.82, 2.24) is 15.0 Å². The maximum atomic E-state index is 12.3. The maximum Gasteiger partial charge on any atom is 0.435 e. The van der Waals surface area contributed by atoms with Gasteiger partial charge in [0.2, 0.25) is 0 Å². The monoisotopic (exact) mass is 249 g/mol. The van der Waals surface area contributed by atoms with Crippen LogP contribution >= 0.6 is 0 Å². The normalized spacial score (nSPS) is 13.2. The third-order valence-electron chi connectivity index (χ3n) is 1.55. The summed E-state index contributed by atoms with van der Waals surface area (Å²) < 4.78 is 72.4. The molecular formula is C6H5F6N3O. The predicted molar refractivity (Wildman–Crippen MR) is 37.0 cm³/mol. The predicted octanol–water partition coefficient (Wildman–Crippen LogP) is 1.35. The van der Waals surface area contributed by atoms with E-state index in [-0.39, 0.29) is 4.68 Å². The van der Waals surface area contributed by atoms with E-state index in [1.54, 1.807) is 0 Å². The maximum absolute atomic E-state index is 12.3. The molecule has 0 radical (unpaired) electrons. The summed E-state index contributed by atoms with van der Waals surface area (Å²) in [7, 11) is 0. The second-order valence-corrected chi connectivity index (χ2v) is 2.81. The minimum Gasteiger partial charge on any atom is -0.390 e. The van der Waals surface area contributed by atoms with E-state index >= 15 is 0 Å². The van der Waals surface area contributed by atoms with Gasteiger partial charge in [0, 0.05) is 0 Å². The van der Waals surface area contributed by atoms with Gasteiger partial charge in [-0.3, -0.25) is 0 Å². The van der Waals surface area contributed by atoms with Crippen LogP contribution in [-0.4, -0.2) is 26.3 Å². The van der Waals surface area contributed by atoms with Gasteiger partial charge in [-0.15, -0.1) is 5.10 Å². The lowest BCUT2D eigenvalue weighted by Gasteiger charge is -2.11. The van der Waals surface area contributed by atoms with E-state index in [1.807, 2.05) is 0 Å². The molecule has 1 aromatic heterocycles. The number of nitrogens with zero attached hydrogens (tertiary/aromatic N) is 3. The topological polar surface area (TPSA) is 50.9 Å². The van der Waals surface area contributed by atoms with Gasteiger partial charge in [-0.25, -0.2) is 4.68 Å². The minimum absolute atomic E-state index is 0.328. The van der Waals surface area contributed by atoms with Crippen LogP contribution in [0.3, 0.4) is 0 Å². The van der Waals surface area contributed by atoms with Crippen LogP contribution in [0.15, 0.2) is 0 Å². The fourth-order valence-electron chi connectivity index (χ4n) is 1.05. The number of aliphatic hydroxyl groups excluding tert-OH is 1.